The summed E-state index contributed by atoms with van der Waals surface area (Å²) in [5, 5.41) is 0. The highest BCUT2D eigenvalue weighted by atomic mass is 16.5. The van der Waals surface area contributed by atoms with E-state index < -0.39 is 0 Å². The predicted molar refractivity (Wildman–Crippen MR) is 68.2 cm³/mol. The molecule has 4 aliphatic carbocycles. The van der Waals surface area contributed by atoms with Crippen molar-refractivity contribution in [1.29, 1.82) is 0 Å². The van der Waals surface area contributed by atoms with Gasteiger partial charge in [0.15, 0.2) is 0 Å². The summed E-state index contributed by atoms with van der Waals surface area (Å²) in [5.74, 6) is 7.70. The van der Waals surface area contributed by atoms with E-state index in [-0.39, 0.29) is 0 Å². The third-order valence-corrected chi connectivity index (χ3v) is 5.67. The van der Waals surface area contributed by atoms with Crippen LogP contribution < -0.4 is 11.3 Å². The Morgan fingerprint density at radius 1 is 1.29 bits per heavy atom. The van der Waals surface area contributed by atoms with Crippen LogP contribution in [0.4, 0.5) is 0 Å². The van der Waals surface area contributed by atoms with Gasteiger partial charge in [0, 0.05) is 7.11 Å². The normalized spacial score (nSPS) is 49.6. The van der Waals surface area contributed by atoms with Crippen LogP contribution in [-0.2, 0) is 4.74 Å². The second-order valence-corrected chi connectivity index (χ2v) is 7.31. The van der Waals surface area contributed by atoms with E-state index in [9.17, 15) is 0 Å². The van der Waals surface area contributed by atoms with Crippen LogP contribution in [0.5, 0.6) is 0 Å². The van der Waals surface area contributed by atoms with Gasteiger partial charge in [-0.2, -0.15) is 0 Å². The van der Waals surface area contributed by atoms with E-state index in [0.717, 1.165) is 18.4 Å². The smallest absolute Gasteiger partial charge is 0.0634 e. The Hall–Kier alpha value is -0.120. The molecule has 98 valence electrons. The maximum Gasteiger partial charge on any atom is 0.0634 e. The van der Waals surface area contributed by atoms with Crippen molar-refractivity contribution in [3.63, 3.8) is 0 Å². The Morgan fingerprint density at radius 3 is 2.41 bits per heavy atom. The number of nitrogens with two attached hydrogens (primary N) is 1. The molecule has 0 saturated heterocycles. The molecular formula is C14H26N2O. The minimum absolute atomic E-state index is 0.345. The number of hydrogen-bond acceptors (Lipinski definition) is 3. The molecule has 0 radical (unpaired) electrons. The van der Waals surface area contributed by atoms with E-state index in [0.29, 0.717) is 16.9 Å². The number of rotatable bonds is 4. The zero-order valence-electron chi connectivity index (χ0n) is 11.2. The molecular weight excluding hydrogens is 212 g/mol. The quantitative estimate of drug-likeness (QED) is 0.582. The summed E-state index contributed by atoms with van der Waals surface area (Å²) in [4.78, 5) is 0. The van der Waals surface area contributed by atoms with E-state index in [4.69, 9.17) is 10.6 Å². The van der Waals surface area contributed by atoms with Crippen molar-refractivity contribution in [2.45, 2.75) is 51.5 Å². The first-order chi connectivity index (χ1) is 8.09. The number of hydrazine groups is 1. The van der Waals surface area contributed by atoms with E-state index >= 15 is 0 Å². The Kier molecular flexibility index (Phi) is 2.77. The SMILES string of the molecule is COCC(NN)C12CC3CC(CC(C)(C3)C1)C2. The lowest BCUT2D eigenvalue weighted by atomic mass is 9.43. The van der Waals surface area contributed by atoms with Crippen LogP contribution in [0.3, 0.4) is 0 Å². The topological polar surface area (TPSA) is 47.3 Å². The minimum Gasteiger partial charge on any atom is -0.383 e. The van der Waals surface area contributed by atoms with Gasteiger partial charge < -0.3 is 4.74 Å². The lowest BCUT2D eigenvalue weighted by Crippen LogP contribution is -2.61. The van der Waals surface area contributed by atoms with Crippen LogP contribution in [0.2, 0.25) is 0 Å². The second-order valence-electron chi connectivity index (χ2n) is 7.31. The van der Waals surface area contributed by atoms with Gasteiger partial charge in [0.25, 0.3) is 0 Å². The molecule has 17 heavy (non-hydrogen) atoms. The summed E-state index contributed by atoms with van der Waals surface area (Å²) in [6.07, 6.45) is 8.48. The molecule has 3 unspecified atom stereocenters. The Morgan fingerprint density at radius 2 is 1.94 bits per heavy atom. The summed E-state index contributed by atoms with van der Waals surface area (Å²) in [6.45, 7) is 3.26. The molecule has 4 fully saturated rings. The second kappa shape index (κ2) is 3.94. The standard InChI is InChI=1S/C14H26N2O/c1-13-4-10-3-11(5-13)7-14(6-10,9-13)12(16-15)8-17-2/h10-12,16H,3-9,15H2,1-2H3. The highest BCUT2D eigenvalue weighted by molar-refractivity contribution is 5.09. The van der Waals surface area contributed by atoms with Gasteiger partial charge in [0.05, 0.1) is 12.6 Å². The summed E-state index contributed by atoms with van der Waals surface area (Å²) in [5.41, 5.74) is 4.06. The zero-order valence-corrected chi connectivity index (χ0v) is 11.2. The molecule has 3 nitrogen and oxygen atoms in total. The average Bonchev–Trinajstić information content (AvgIpc) is 2.22. The molecule has 3 atom stereocenters. The Labute approximate surface area is 104 Å². The molecule has 4 aliphatic rings. The third-order valence-electron chi connectivity index (χ3n) is 5.67. The van der Waals surface area contributed by atoms with Crippen molar-refractivity contribution < 1.29 is 4.74 Å². The molecule has 4 rings (SSSR count). The molecule has 0 aromatic rings. The molecule has 0 aromatic carbocycles. The first-order valence-corrected chi connectivity index (χ1v) is 7.04. The van der Waals surface area contributed by atoms with Crippen molar-refractivity contribution in [1.82, 2.24) is 5.43 Å². The molecule has 4 saturated carbocycles. The van der Waals surface area contributed by atoms with Gasteiger partial charge in [-0.1, -0.05) is 6.92 Å². The molecule has 3 N–H and O–H groups in total. The third kappa shape index (κ3) is 1.83. The molecule has 0 amide bonds. The number of ether oxygens (including phenoxy) is 1. The lowest BCUT2D eigenvalue weighted by molar-refractivity contribution is -0.125. The molecule has 4 bridgehead atoms. The fraction of sp³-hybridized carbons (Fsp3) is 1.00. The van der Waals surface area contributed by atoms with Gasteiger partial charge in [-0.15, -0.1) is 0 Å². The molecule has 0 aromatic heterocycles. The van der Waals surface area contributed by atoms with Crippen molar-refractivity contribution in [3.05, 3.63) is 0 Å². The first-order valence-electron chi connectivity index (χ1n) is 7.04. The van der Waals surface area contributed by atoms with E-state index in [1.54, 1.807) is 7.11 Å². The predicted octanol–water partition coefficient (Wildman–Crippen LogP) is 2.07. The van der Waals surface area contributed by atoms with Crippen LogP contribution in [-0.4, -0.2) is 19.8 Å². The van der Waals surface area contributed by atoms with E-state index in [1.807, 2.05) is 0 Å². The highest BCUT2D eigenvalue weighted by Gasteiger charge is 2.58. The highest BCUT2D eigenvalue weighted by Crippen LogP contribution is 2.66. The first kappa shape index (κ1) is 11.9. The number of nitrogens with one attached hydrogen (secondary N) is 1. The van der Waals surface area contributed by atoms with Gasteiger partial charge in [0.1, 0.15) is 0 Å². The minimum atomic E-state index is 0.345. The summed E-state index contributed by atoms with van der Waals surface area (Å²) in [6, 6.07) is 0.345. The number of hydrogen-bond donors (Lipinski definition) is 2. The van der Waals surface area contributed by atoms with Gasteiger partial charge in [0.2, 0.25) is 0 Å². The monoisotopic (exact) mass is 238 g/mol. The number of methoxy groups -OCH3 is 1. The maximum absolute atomic E-state index is 5.79. The van der Waals surface area contributed by atoms with Crippen LogP contribution in [0.15, 0.2) is 0 Å². The van der Waals surface area contributed by atoms with Crippen molar-refractivity contribution in [2.75, 3.05) is 13.7 Å². The zero-order chi connectivity index (χ0) is 12.1. The van der Waals surface area contributed by atoms with E-state index in [2.05, 4.69) is 12.3 Å². The largest absolute Gasteiger partial charge is 0.383 e. The molecule has 0 spiro atoms. The van der Waals surface area contributed by atoms with Crippen LogP contribution in [0.1, 0.15) is 45.4 Å². The summed E-state index contributed by atoms with van der Waals surface area (Å²) in [7, 11) is 1.78. The Balaban J connectivity index is 1.87. The van der Waals surface area contributed by atoms with E-state index in [1.165, 1.54) is 38.5 Å². The van der Waals surface area contributed by atoms with Crippen LogP contribution in [0, 0.1) is 22.7 Å². The summed E-state index contributed by atoms with van der Waals surface area (Å²) >= 11 is 0. The van der Waals surface area contributed by atoms with Gasteiger partial charge in [-0.05, 0) is 61.2 Å². The fourth-order valence-corrected chi connectivity index (χ4v) is 5.77. The van der Waals surface area contributed by atoms with Gasteiger partial charge in [-0.3, -0.25) is 11.3 Å². The van der Waals surface area contributed by atoms with Gasteiger partial charge in [-0.25, -0.2) is 0 Å². The molecule has 0 heterocycles. The van der Waals surface area contributed by atoms with Crippen LogP contribution >= 0.6 is 0 Å². The maximum atomic E-state index is 5.79. The van der Waals surface area contributed by atoms with Crippen LogP contribution in [0.25, 0.3) is 0 Å². The Bertz CT molecular complexity index is 291. The van der Waals surface area contributed by atoms with Crippen molar-refractivity contribution in [3.8, 4) is 0 Å². The fourth-order valence-electron chi connectivity index (χ4n) is 5.77. The average molecular weight is 238 g/mol. The molecule has 0 aliphatic heterocycles. The summed E-state index contributed by atoms with van der Waals surface area (Å²) < 4.78 is 5.37. The molecule has 3 heteroatoms. The lowest BCUT2D eigenvalue weighted by Gasteiger charge is -2.63. The van der Waals surface area contributed by atoms with Crippen molar-refractivity contribution in [2.24, 2.45) is 28.5 Å². The van der Waals surface area contributed by atoms with Crippen molar-refractivity contribution >= 4 is 0 Å². The van der Waals surface area contributed by atoms with Gasteiger partial charge >= 0.3 is 0 Å².